The molecule has 1 aromatic rings. The number of nitrogens with zero attached hydrogens (tertiary/aromatic N) is 1. The fourth-order valence-electron chi connectivity index (χ4n) is 3.36. The Balaban J connectivity index is 1.54. The van der Waals surface area contributed by atoms with E-state index in [0.29, 0.717) is 12.2 Å². The van der Waals surface area contributed by atoms with Crippen LogP contribution < -0.4 is 15.5 Å². The fraction of sp³-hybridized carbons (Fsp3) is 0.529. The van der Waals surface area contributed by atoms with Gasteiger partial charge in [0.1, 0.15) is 5.82 Å². The van der Waals surface area contributed by atoms with Gasteiger partial charge in [0.25, 0.3) is 0 Å². The van der Waals surface area contributed by atoms with Crippen molar-refractivity contribution < 1.29 is 14.0 Å². The van der Waals surface area contributed by atoms with E-state index in [-0.39, 0.29) is 36.3 Å². The Morgan fingerprint density at radius 1 is 1.13 bits per heavy atom. The molecule has 2 aliphatic rings. The molecule has 0 unspecified atom stereocenters. The number of carbonyl (C=O) groups excluding carboxylic acids is 2. The summed E-state index contributed by atoms with van der Waals surface area (Å²) < 4.78 is 13.3. The molecule has 1 saturated carbocycles. The van der Waals surface area contributed by atoms with Crippen LogP contribution in [-0.4, -0.2) is 30.6 Å². The van der Waals surface area contributed by atoms with E-state index in [4.69, 9.17) is 0 Å². The molecule has 5 nitrogen and oxygen atoms in total. The first kappa shape index (κ1) is 15.8. The lowest BCUT2D eigenvalue weighted by atomic mass is 9.96. The van der Waals surface area contributed by atoms with Crippen molar-refractivity contribution in [3.8, 4) is 0 Å². The van der Waals surface area contributed by atoms with E-state index >= 15 is 0 Å². The first-order chi connectivity index (χ1) is 11.1. The van der Waals surface area contributed by atoms with E-state index in [9.17, 15) is 14.0 Å². The van der Waals surface area contributed by atoms with Crippen LogP contribution in [0.3, 0.4) is 0 Å². The fourth-order valence-corrected chi connectivity index (χ4v) is 3.36. The highest BCUT2D eigenvalue weighted by atomic mass is 19.1. The molecule has 1 saturated heterocycles. The second-order valence-electron chi connectivity index (χ2n) is 6.34. The number of hydrogen-bond donors (Lipinski definition) is 2. The smallest absolute Gasteiger partial charge is 0.315 e. The summed E-state index contributed by atoms with van der Waals surface area (Å²) >= 11 is 0. The highest BCUT2D eigenvalue weighted by molar-refractivity contribution is 5.96. The molecule has 2 fully saturated rings. The molecule has 0 radical (unpaired) electrons. The van der Waals surface area contributed by atoms with Crippen LogP contribution in [0.15, 0.2) is 24.3 Å². The minimum Gasteiger partial charge on any atom is -0.335 e. The molecule has 6 heteroatoms. The van der Waals surface area contributed by atoms with Gasteiger partial charge in [0.05, 0.1) is 6.04 Å². The van der Waals surface area contributed by atoms with Crippen molar-refractivity contribution in [1.29, 1.82) is 0 Å². The maximum absolute atomic E-state index is 13.3. The van der Waals surface area contributed by atoms with Crippen molar-refractivity contribution >= 4 is 17.6 Å². The van der Waals surface area contributed by atoms with E-state index in [1.165, 1.54) is 23.5 Å². The number of carbonyl (C=O) groups is 2. The second-order valence-corrected chi connectivity index (χ2v) is 6.34. The third-order valence-electron chi connectivity index (χ3n) is 4.52. The van der Waals surface area contributed by atoms with Crippen molar-refractivity contribution in [2.75, 3.05) is 11.4 Å². The maximum Gasteiger partial charge on any atom is 0.315 e. The minimum atomic E-state index is -0.373. The largest absolute Gasteiger partial charge is 0.335 e. The molecule has 124 valence electrons. The van der Waals surface area contributed by atoms with Crippen molar-refractivity contribution in [2.45, 2.75) is 50.6 Å². The minimum absolute atomic E-state index is 0.0985. The Morgan fingerprint density at radius 3 is 2.61 bits per heavy atom. The van der Waals surface area contributed by atoms with Gasteiger partial charge in [-0.15, -0.1) is 0 Å². The average molecular weight is 319 g/mol. The number of hydrogen-bond acceptors (Lipinski definition) is 2. The van der Waals surface area contributed by atoms with Crippen LogP contribution in [0.25, 0.3) is 0 Å². The molecule has 1 heterocycles. The van der Waals surface area contributed by atoms with Gasteiger partial charge in [0.2, 0.25) is 5.91 Å². The summed E-state index contributed by atoms with van der Waals surface area (Å²) in [4.78, 5) is 25.7. The van der Waals surface area contributed by atoms with E-state index in [0.717, 1.165) is 25.7 Å². The normalized spacial score (nSPS) is 22.2. The van der Waals surface area contributed by atoms with Crippen LogP contribution >= 0.6 is 0 Å². The van der Waals surface area contributed by atoms with Crippen LogP contribution in [0.2, 0.25) is 0 Å². The lowest BCUT2D eigenvalue weighted by Crippen LogP contribution is -2.47. The van der Waals surface area contributed by atoms with Gasteiger partial charge in [0.15, 0.2) is 0 Å². The van der Waals surface area contributed by atoms with E-state index in [1.54, 1.807) is 12.1 Å². The zero-order valence-electron chi connectivity index (χ0n) is 13.1. The van der Waals surface area contributed by atoms with Gasteiger partial charge < -0.3 is 15.5 Å². The summed E-state index contributed by atoms with van der Waals surface area (Å²) in [7, 11) is 0. The van der Waals surface area contributed by atoms with Gasteiger partial charge in [-0.25, -0.2) is 9.18 Å². The Bertz CT molecular complexity index is 587. The molecule has 3 rings (SSSR count). The van der Waals surface area contributed by atoms with Gasteiger partial charge in [-0.2, -0.15) is 0 Å². The van der Waals surface area contributed by atoms with Gasteiger partial charge in [0, 0.05) is 24.7 Å². The van der Waals surface area contributed by atoms with E-state index in [1.807, 2.05) is 0 Å². The average Bonchev–Trinajstić information content (AvgIpc) is 2.88. The molecular formula is C17H22FN3O2. The van der Waals surface area contributed by atoms with Crippen LogP contribution in [0.1, 0.15) is 38.5 Å². The second kappa shape index (κ2) is 6.98. The topological polar surface area (TPSA) is 61.4 Å². The maximum atomic E-state index is 13.3. The van der Waals surface area contributed by atoms with Crippen LogP contribution in [-0.2, 0) is 4.79 Å². The lowest BCUT2D eigenvalue weighted by Gasteiger charge is -2.24. The summed E-state index contributed by atoms with van der Waals surface area (Å²) in [6.45, 7) is 0.375. The zero-order valence-corrected chi connectivity index (χ0v) is 13.1. The SMILES string of the molecule is O=C(NC1CCCCC1)N[C@@H]1CC(=O)N(c2cccc(F)c2)C1. The number of halogens is 1. The third kappa shape index (κ3) is 4.00. The molecule has 0 bridgehead atoms. The molecule has 23 heavy (non-hydrogen) atoms. The molecule has 1 atom stereocenters. The van der Waals surface area contributed by atoms with Gasteiger partial charge in [-0.1, -0.05) is 25.3 Å². The zero-order chi connectivity index (χ0) is 16.2. The highest BCUT2D eigenvalue weighted by Gasteiger charge is 2.32. The molecule has 1 aliphatic heterocycles. The number of amides is 3. The number of rotatable bonds is 3. The Morgan fingerprint density at radius 2 is 1.87 bits per heavy atom. The number of anilines is 1. The number of urea groups is 1. The summed E-state index contributed by atoms with van der Waals surface area (Å²) in [5.41, 5.74) is 0.534. The van der Waals surface area contributed by atoms with Gasteiger partial charge >= 0.3 is 6.03 Å². The predicted octanol–water partition coefficient (Wildman–Crippen LogP) is 2.56. The van der Waals surface area contributed by atoms with Crippen LogP contribution in [0.4, 0.5) is 14.9 Å². The third-order valence-corrected chi connectivity index (χ3v) is 4.52. The summed E-state index contributed by atoms with van der Waals surface area (Å²) in [6.07, 6.45) is 5.83. The predicted molar refractivity (Wildman–Crippen MR) is 85.7 cm³/mol. The van der Waals surface area contributed by atoms with E-state index < -0.39 is 0 Å². The molecule has 1 aromatic carbocycles. The summed E-state index contributed by atoms with van der Waals surface area (Å²) in [5, 5.41) is 5.85. The van der Waals surface area contributed by atoms with Crippen molar-refractivity contribution in [2.24, 2.45) is 0 Å². The van der Waals surface area contributed by atoms with Crippen molar-refractivity contribution in [1.82, 2.24) is 10.6 Å². The molecule has 3 amide bonds. The first-order valence-electron chi connectivity index (χ1n) is 8.25. The van der Waals surface area contributed by atoms with Gasteiger partial charge in [-0.3, -0.25) is 4.79 Å². The van der Waals surface area contributed by atoms with Crippen LogP contribution in [0.5, 0.6) is 0 Å². The Labute approximate surface area is 135 Å². The molecule has 0 aromatic heterocycles. The summed E-state index contributed by atoms with van der Waals surface area (Å²) in [6, 6.07) is 5.74. The first-order valence-corrected chi connectivity index (χ1v) is 8.25. The van der Waals surface area contributed by atoms with Crippen molar-refractivity contribution in [3.63, 3.8) is 0 Å². The van der Waals surface area contributed by atoms with Crippen molar-refractivity contribution in [3.05, 3.63) is 30.1 Å². The Hall–Kier alpha value is -2.11. The van der Waals surface area contributed by atoms with E-state index in [2.05, 4.69) is 10.6 Å². The molecule has 1 aliphatic carbocycles. The Kier molecular flexibility index (Phi) is 4.79. The quantitative estimate of drug-likeness (QED) is 0.899. The van der Waals surface area contributed by atoms with Crippen LogP contribution in [0, 0.1) is 5.82 Å². The molecular weight excluding hydrogens is 297 g/mol. The van der Waals surface area contributed by atoms with Gasteiger partial charge in [-0.05, 0) is 31.0 Å². The lowest BCUT2D eigenvalue weighted by molar-refractivity contribution is -0.117. The molecule has 2 N–H and O–H groups in total. The standard InChI is InChI=1S/C17H22FN3O2/c18-12-5-4-8-15(9-12)21-11-14(10-16(21)22)20-17(23)19-13-6-2-1-3-7-13/h4-5,8-9,13-14H,1-3,6-7,10-11H2,(H2,19,20,23)/t14-/m1/s1. The summed E-state index contributed by atoms with van der Waals surface area (Å²) in [5.74, 6) is -0.472. The monoisotopic (exact) mass is 319 g/mol. The highest BCUT2D eigenvalue weighted by Crippen LogP contribution is 2.22. The number of benzene rings is 1. The number of nitrogens with one attached hydrogen (secondary N) is 2. The molecule has 0 spiro atoms.